The lowest BCUT2D eigenvalue weighted by Gasteiger charge is -2.37. The van der Waals surface area contributed by atoms with Crippen LogP contribution >= 0.6 is 0 Å². The standard InChI is InChI=1S/C14H36O9Si5/c1-13(14(15)19-10-9-11-28(16-2,17-3)18-4)12-27(8)22-25(6)20-24(5)21-26(7)23-27/h13,24-26H,9-12H2,1-8H3. The zero-order valence-electron chi connectivity index (χ0n) is 18.3. The van der Waals surface area contributed by atoms with Gasteiger partial charge in [0.2, 0.25) is 0 Å². The fraction of sp³-hybridized carbons (Fsp3) is 0.929. The first-order chi connectivity index (χ1) is 13.1. The molecule has 1 heterocycles. The molecule has 0 N–H and O–H groups in total. The maximum atomic E-state index is 12.4. The molecule has 0 aliphatic carbocycles. The van der Waals surface area contributed by atoms with Gasteiger partial charge in [-0.05, 0) is 32.6 Å². The van der Waals surface area contributed by atoms with Crippen molar-refractivity contribution in [2.75, 3.05) is 27.9 Å². The van der Waals surface area contributed by atoms with E-state index in [9.17, 15) is 4.79 Å². The molecule has 14 heteroatoms. The molecule has 0 radical (unpaired) electrons. The largest absolute Gasteiger partial charge is 0.500 e. The lowest BCUT2D eigenvalue weighted by atomic mass is 10.2. The van der Waals surface area contributed by atoms with E-state index in [1.165, 1.54) is 0 Å². The van der Waals surface area contributed by atoms with Crippen molar-refractivity contribution in [2.24, 2.45) is 5.92 Å². The van der Waals surface area contributed by atoms with Gasteiger partial charge in [0.15, 0.2) is 0 Å². The van der Waals surface area contributed by atoms with Crippen LogP contribution < -0.4 is 0 Å². The van der Waals surface area contributed by atoms with Crippen molar-refractivity contribution >= 4 is 51.2 Å². The second-order valence-corrected chi connectivity index (χ2v) is 20.3. The summed E-state index contributed by atoms with van der Waals surface area (Å²) in [6.07, 6.45) is 0.611. The van der Waals surface area contributed by atoms with Crippen LogP contribution in [0.25, 0.3) is 0 Å². The van der Waals surface area contributed by atoms with Crippen LogP contribution in [0.2, 0.25) is 38.3 Å². The number of esters is 1. The zero-order chi connectivity index (χ0) is 21.4. The molecule has 1 rings (SSSR count). The van der Waals surface area contributed by atoms with Crippen molar-refractivity contribution in [2.45, 2.75) is 51.6 Å². The number of rotatable bonds is 10. The van der Waals surface area contributed by atoms with Gasteiger partial charge in [-0.15, -0.1) is 0 Å². The molecule has 9 nitrogen and oxygen atoms in total. The van der Waals surface area contributed by atoms with Gasteiger partial charge in [-0.25, -0.2) is 0 Å². The van der Waals surface area contributed by atoms with E-state index < -0.39 is 45.2 Å². The number of hydrogen-bond donors (Lipinski definition) is 0. The second-order valence-electron chi connectivity index (χ2n) is 7.02. The van der Waals surface area contributed by atoms with E-state index in [-0.39, 0.29) is 11.9 Å². The molecule has 0 saturated carbocycles. The molecule has 3 unspecified atom stereocenters. The molecular weight excluding hydrogens is 453 g/mol. The predicted molar refractivity (Wildman–Crippen MR) is 116 cm³/mol. The molecule has 1 aliphatic rings. The molecule has 1 saturated heterocycles. The number of hydrogen-bond acceptors (Lipinski definition) is 9. The highest BCUT2D eigenvalue weighted by Crippen LogP contribution is 2.25. The minimum absolute atomic E-state index is 0.254. The molecule has 0 aromatic carbocycles. The quantitative estimate of drug-likeness (QED) is 0.255. The lowest BCUT2D eigenvalue weighted by Crippen LogP contribution is -2.54. The molecule has 0 amide bonds. The fourth-order valence-corrected chi connectivity index (χ4v) is 19.9. The van der Waals surface area contributed by atoms with Crippen LogP contribution in [0.1, 0.15) is 13.3 Å². The molecule has 3 atom stereocenters. The van der Waals surface area contributed by atoms with Gasteiger partial charge in [0.05, 0.1) is 12.5 Å². The van der Waals surface area contributed by atoms with E-state index in [1.54, 1.807) is 21.3 Å². The molecule has 166 valence electrons. The van der Waals surface area contributed by atoms with E-state index >= 15 is 0 Å². The first-order valence-corrected chi connectivity index (χ1v) is 20.3. The smallest absolute Gasteiger partial charge is 0.465 e. The molecule has 0 spiro atoms. The van der Waals surface area contributed by atoms with Crippen molar-refractivity contribution in [3.05, 3.63) is 0 Å². The van der Waals surface area contributed by atoms with E-state index in [4.69, 9.17) is 34.5 Å². The number of carbonyl (C=O) groups excluding carboxylic acids is 1. The van der Waals surface area contributed by atoms with Crippen molar-refractivity contribution < 1.29 is 39.3 Å². The average molecular weight is 489 g/mol. The minimum atomic E-state index is -2.63. The maximum Gasteiger partial charge on any atom is 0.500 e. The predicted octanol–water partition coefficient (Wildman–Crippen LogP) is 1.14. The summed E-state index contributed by atoms with van der Waals surface area (Å²) in [5.41, 5.74) is 0. The summed E-state index contributed by atoms with van der Waals surface area (Å²) in [5, 5.41) is 0. The normalized spacial score (nSPS) is 30.4. The summed E-state index contributed by atoms with van der Waals surface area (Å²) in [4.78, 5) is 12.4. The Morgan fingerprint density at radius 2 is 1.50 bits per heavy atom. The van der Waals surface area contributed by atoms with Gasteiger partial charge in [0.1, 0.15) is 0 Å². The van der Waals surface area contributed by atoms with Crippen molar-refractivity contribution in [3.8, 4) is 0 Å². The van der Waals surface area contributed by atoms with E-state index in [0.29, 0.717) is 25.1 Å². The summed E-state index contributed by atoms with van der Waals surface area (Å²) >= 11 is 0. The van der Waals surface area contributed by atoms with Crippen LogP contribution in [0.15, 0.2) is 0 Å². The molecule has 0 aromatic heterocycles. The Bertz CT molecular complexity index is 460. The summed E-state index contributed by atoms with van der Waals surface area (Å²) in [6.45, 7) is 10.1. The first-order valence-electron chi connectivity index (χ1n) is 9.57. The Balaban J connectivity index is 2.51. The minimum Gasteiger partial charge on any atom is -0.465 e. The average Bonchev–Trinajstić information content (AvgIpc) is 2.60. The van der Waals surface area contributed by atoms with Gasteiger partial charge in [0, 0.05) is 33.4 Å². The first kappa shape index (κ1) is 26.3. The van der Waals surface area contributed by atoms with E-state index in [2.05, 4.69) is 0 Å². The lowest BCUT2D eigenvalue weighted by molar-refractivity contribution is -0.147. The Hall–Kier alpha value is 0.274. The highest BCUT2D eigenvalue weighted by Gasteiger charge is 2.42. The van der Waals surface area contributed by atoms with Crippen LogP contribution in [0.3, 0.4) is 0 Å². The summed E-state index contributed by atoms with van der Waals surface area (Å²) in [7, 11) is -5.79. The Labute approximate surface area is 176 Å². The summed E-state index contributed by atoms with van der Waals surface area (Å²) in [5.74, 6) is -0.571. The fourth-order valence-electron chi connectivity index (χ4n) is 3.25. The Morgan fingerprint density at radius 1 is 1.00 bits per heavy atom. The van der Waals surface area contributed by atoms with Crippen molar-refractivity contribution in [3.63, 3.8) is 0 Å². The number of ether oxygens (including phenoxy) is 1. The van der Waals surface area contributed by atoms with E-state index in [0.717, 1.165) is 0 Å². The van der Waals surface area contributed by atoms with Gasteiger partial charge in [0.25, 0.3) is 27.9 Å². The molecule has 0 aromatic rings. The summed E-state index contributed by atoms with van der Waals surface area (Å²) < 4.78 is 45.8. The SMILES string of the molecule is CO[Si](CCCOC(=O)C(C)C[Si]1(C)O[SiH](C)O[SiH](C)O[SiH](C)O1)(OC)OC. The third-order valence-corrected chi connectivity index (χ3v) is 21.4. The molecular formula is C14H36O9Si5. The highest BCUT2D eigenvalue weighted by molar-refractivity contribution is 6.81. The second kappa shape index (κ2) is 12.2. The van der Waals surface area contributed by atoms with Gasteiger partial charge in [-0.2, -0.15) is 0 Å². The molecule has 1 fully saturated rings. The monoisotopic (exact) mass is 488 g/mol. The third kappa shape index (κ3) is 8.56. The topological polar surface area (TPSA) is 90.9 Å². The van der Waals surface area contributed by atoms with Crippen LogP contribution in [0.5, 0.6) is 0 Å². The maximum absolute atomic E-state index is 12.4. The number of carbonyl (C=O) groups is 1. The van der Waals surface area contributed by atoms with Gasteiger partial charge >= 0.3 is 23.3 Å². The molecule has 1 aliphatic heterocycles. The van der Waals surface area contributed by atoms with Gasteiger partial charge in [-0.1, -0.05) is 6.92 Å². The Morgan fingerprint density at radius 3 is 1.96 bits per heavy atom. The third-order valence-electron chi connectivity index (χ3n) is 4.48. The zero-order valence-corrected chi connectivity index (χ0v) is 23.8. The van der Waals surface area contributed by atoms with Crippen molar-refractivity contribution in [1.29, 1.82) is 0 Å². The molecule has 28 heavy (non-hydrogen) atoms. The van der Waals surface area contributed by atoms with Gasteiger partial charge in [-0.3, -0.25) is 4.79 Å². The van der Waals surface area contributed by atoms with Crippen LogP contribution in [-0.4, -0.2) is 79.1 Å². The summed E-state index contributed by atoms with van der Waals surface area (Å²) in [6, 6.07) is 1.11. The van der Waals surface area contributed by atoms with Crippen LogP contribution in [0.4, 0.5) is 0 Å². The van der Waals surface area contributed by atoms with Crippen LogP contribution in [0, 0.1) is 5.92 Å². The van der Waals surface area contributed by atoms with Gasteiger partial charge < -0.3 is 34.5 Å². The van der Waals surface area contributed by atoms with Crippen LogP contribution in [-0.2, 0) is 39.3 Å². The van der Waals surface area contributed by atoms with E-state index in [1.807, 2.05) is 33.1 Å². The Kier molecular flexibility index (Phi) is 11.5. The highest BCUT2D eigenvalue weighted by atomic mass is 28.5. The molecule has 0 bridgehead atoms. The van der Waals surface area contributed by atoms with Crippen molar-refractivity contribution in [1.82, 2.24) is 0 Å².